The molecule has 2 saturated heterocycles. The lowest BCUT2D eigenvalue weighted by Gasteiger charge is -2.37. The van der Waals surface area contributed by atoms with Crippen molar-refractivity contribution in [2.45, 2.75) is 25.9 Å². The fraction of sp³-hybridized carbons (Fsp3) is 0.600. The number of rotatable bonds is 4. The minimum Gasteiger partial charge on any atom is -0.372 e. The molecule has 0 aromatic heterocycles. The molecule has 2 heterocycles. The number of hydrogen-bond donors (Lipinski definition) is 2. The van der Waals surface area contributed by atoms with Gasteiger partial charge in [-0.2, -0.15) is 18.4 Å². The van der Waals surface area contributed by atoms with Gasteiger partial charge in [-0.05, 0) is 56.3 Å². The number of carbonyl (C=O) groups excluding carboxylic acids is 1. The Kier molecular flexibility index (Phi) is 6.14. The summed E-state index contributed by atoms with van der Waals surface area (Å²) >= 11 is 0. The van der Waals surface area contributed by atoms with E-state index in [0.717, 1.165) is 25.5 Å². The van der Waals surface area contributed by atoms with E-state index in [9.17, 15) is 18.0 Å². The molecule has 2 N–H and O–H groups in total. The predicted octanol–water partition coefficient (Wildman–Crippen LogP) is 2.77. The van der Waals surface area contributed by atoms with Gasteiger partial charge in [0.05, 0.1) is 23.1 Å². The zero-order valence-corrected chi connectivity index (χ0v) is 15.9. The van der Waals surface area contributed by atoms with E-state index in [4.69, 9.17) is 5.26 Å². The third-order valence-corrected chi connectivity index (χ3v) is 5.89. The summed E-state index contributed by atoms with van der Waals surface area (Å²) in [4.78, 5) is 14.2. The third kappa shape index (κ3) is 4.25. The zero-order chi connectivity index (χ0) is 20.3. The van der Waals surface area contributed by atoms with Crippen molar-refractivity contribution in [2.75, 3.05) is 37.6 Å². The highest BCUT2D eigenvalue weighted by Gasteiger charge is 2.39. The van der Waals surface area contributed by atoms with Crippen LogP contribution in [0.15, 0.2) is 18.2 Å². The van der Waals surface area contributed by atoms with Gasteiger partial charge in [0.2, 0.25) is 5.91 Å². The van der Waals surface area contributed by atoms with E-state index in [1.165, 1.54) is 6.07 Å². The fourth-order valence-corrected chi connectivity index (χ4v) is 4.43. The number of anilines is 1. The molecule has 1 aromatic rings. The van der Waals surface area contributed by atoms with E-state index in [-0.39, 0.29) is 23.3 Å². The van der Waals surface area contributed by atoms with Gasteiger partial charge < -0.3 is 15.5 Å². The van der Waals surface area contributed by atoms with Crippen molar-refractivity contribution in [3.05, 3.63) is 29.3 Å². The first kappa shape index (κ1) is 20.5. The SMILES string of the molecule is CCNC(=O)[C@@H]1CNC[C@H]1C1CCN(c2ccc(C#N)c(C(F)(F)F)c2)CC1. The third-order valence-electron chi connectivity index (χ3n) is 5.89. The Labute approximate surface area is 162 Å². The van der Waals surface area contributed by atoms with Crippen LogP contribution in [0.4, 0.5) is 18.9 Å². The minimum absolute atomic E-state index is 0.0387. The van der Waals surface area contributed by atoms with Crippen LogP contribution in [0.2, 0.25) is 0 Å². The molecule has 0 aliphatic carbocycles. The number of halogens is 3. The molecule has 0 bridgehead atoms. The molecule has 152 valence electrons. The topological polar surface area (TPSA) is 68.2 Å². The van der Waals surface area contributed by atoms with Gasteiger partial charge in [0, 0.05) is 31.9 Å². The second-order valence-electron chi connectivity index (χ2n) is 7.49. The Morgan fingerprint density at radius 2 is 2.04 bits per heavy atom. The summed E-state index contributed by atoms with van der Waals surface area (Å²) in [6, 6.07) is 5.53. The van der Waals surface area contributed by atoms with E-state index < -0.39 is 11.7 Å². The van der Waals surface area contributed by atoms with Crippen LogP contribution in [0.3, 0.4) is 0 Å². The highest BCUT2D eigenvalue weighted by Crippen LogP contribution is 2.37. The van der Waals surface area contributed by atoms with Crippen LogP contribution in [0, 0.1) is 29.1 Å². The maximum absolute atomic E-state index is 13.2. The van der Waals surface area contributed by atoms with E-state index in [1.54, 1.807) is 12.1 Å². The van der Waals surface area contributed by atoms with Gasteiger partial charge in [0.1, 0.15) is 0 Å². The highest BCUT2D eigenvalue weighted by molar-refractivity contribution is 5.79. The van der Waals surface area contributed by atoms with E-state index >= 15 is 0 Å². The molecule has 2 fully saturated rings. The number of piperidine rings is 1. The molecule has 0 unspecified atom stereocenters. The van der Waals surface area contributed by atoms with Gasteiger partial charge in [-0.1, -0.05) is 0 Å². The second kappa shape index (κ2) is 8.39. The van der Waals surface area contributed by atoms with E-state index in [2.05, 4.69) is 10.6 Å². The Bertz CT molecular complexity index is 751. The monoisotopic (exact) mass is 394 g/mol. The van der Waals surface area contributed by atoms with Crippen molar-refractivity contribution < 1.29 is 18.0 Å². The van der Waals surface area contributed by atoms with Crippen LogP contribution in [-0.4, -0.2) is 38.6 Å². The molecule has 8 heteroatoms. The Morgan fingerprint density at radius 3 is 2.64 bits per heavy atom. The average molecular weight is 394 g/mol. The van der Waals surface area contributed by atoms with Gasteiger partial charge in [-0.25, -0.2) is 0 Å². The summed E-state index contributed by atoms with van der Waals surface area (Å²) in [5.74, 6) is 0.685. The van der Waals surface area contributed by atoms with Crippen molar-refractivity contribution >= 4 is 11.6 Å². The summed E-state index contributed by atoms with van der Waals surface area (Å²) in [7, 11) is 0. The molecule has 3 rings (SSSR count). The molecular formula is C20H25F3N4O. The normalized spacial score (nSPS) is 23.5. The number of nitriles is 1. The van der Waals surface area contributed by atoms with Gasteiger partial charge >= 0.3 is 6.18 Å². The van der Waals surface area contributed by atoms with Crippen molar-refractivity contribution in [3.63, 3.8) is 0 Å². The lowest BCUT2D eigenvalue weighted by atomic mass is 9.78. The maximum atomic E-state index is 13.2. The number of carbonyl (C=O) groups is 1. The Morgan fingerprint density at radius 1 is 1.32 bits per heavy atom. The lowest BCUT2D eigenvalue weighted by molar-refractivity contribution is -0.137. The number of nitrogens with zero attached hydrogens (tertiary/aromatic N) is 2. The fourth-order valence-electron chi connectivity index (χ4n) is 4.43. The molecular weight excluding hydrogens is 369 g/mol. The van der Waals surface area contributed by atoms with Crippen LogP contribution in [0.1, 0.15) is 30.9 Å². The quantitative estimate of drug-likeness (QED) is 0.824. The predicted molar refractivity (Wildman–Crippen MR) is 99.6 cm³/mol. The van der Waals surface area contributed by atoms with E-state index in [1.807, 2.05) is 11.8 Å². The summed E-state index contributed by atoms with van der Waals surface area (Å²) < 4.78 is 39.6. The van der Waals surface area contributed by atoms with Gasteiger partial charge in [-0.15, -0.1) is 0 Å². The summed E-state index contributed by atoms with van der Waals surface area (Å²) in [5, 5.41) is 15.2. The summed E-state index contributed by atoms with van der Waals surface area (Å²) in [6.45, 7) is 5.29. The van der Waals surface area contributed by atoms with Gasteiger partial charge in [-0.3, -0.25) is 4.79 Å². The Balaban J connectivity index is 1.67. The number of nitrogens with one attached hydrogen (secondary N) is 2. The van der Waals surface area contributed by atoms with Gasteiger partial charge in [0.25, 0.3) is 0 Å². The lowest BCUT2D eigenvalue weighted by Crippen LogP contribution is -2.41. The van der Waals surface area contributed by atoms with Crippen LogP contribution >= 0.6 is 0 Å². The van der Waals surface area contributed by atoms with Gasteiger partial charge in [0.15, 0.2) is 0 Å². The van der Waals surface area contributed by atoms with Crippen LogP contribution < -0.4 is 15.5 Å². The van der Waals surface area contributed by atoms with Crippen LogP contribution in [0.25, 0.3) is 0 Å². The molecule has 2 aliphatic heterocycles. The highest BCUT2D eigenvalue weighted by atomic mass is 19.4. The average Bonchev–Trinajstić information content (AvgIpc) is 3.17. The van der Waals surface area contributed by atoms with Crippen LogP contribution in [-0.2, 0) is 11.0 Å². The molecule has 2 aliphatic rings. The molecule has 28 heavy (non-hydrogen) atoms. The smallest absolute Gasteiger partial charge is 0.372 e. The number of hydrogen-bond acceptors (Lipinski definition) is 4. The summed E-state index contributed by atoms with van der Waals surface area (Å²) in [6.07, 6.45) is -2.87. The minimum atomic E-state index is -4.55. The molecule has 0 radical (unpaired) electrons. The first-order chi connectivity index (χ1) is 13.3. The molecule has 1 amide bonds. The summed E-state index contributed by atoms with van der Waals surface area (Å²) in [5.41, 5.74) is -0.742. The van der Waals surface area contributed by atoms with Crippen LogP contribution in [0.5, 0.6) is 0 Å². The zero-order valence-electron chi connectivity index (χ0n) is 15.9. The first-order valence-electron chi connectivity index (χ1n) is 9.69. The molecule has 0 saturated carbocycles. The van der Waals surface area contributed by atoms with Crippen molar-refractivity contribution in [1.82, 2.24) is 10.6 Å². The van der Waals surface area contributed by atoms with Crippen molar-refractivity contribution in [1.29, 1.82) is 5.26 Å². The Hall–Kier alpha value is -2.27. The molecule has 1 aromatic carbocycles. The number of benzene rings is 1. The molecule has 2 atom stereocenters. The van der Waals surface area contributed by atoms with E-state index in [0.29, 0.717) is 37.8 Å². The van der Waals surface area contributed by atoms with Crippen molar-refractivity contribution in [2.24, 2.45) is 17.8 Å². The standard InChI is InChI=1S/C20H25F3N4O/c1-2-26-19(28)17-12-25-11-16(17)13-5-7-27(8-6-13)15-4-3-14(10-24)18(9-15)20(21,22)23/h3-4,9,13,16-17,25H,2,5-8,11-12H2,1H3,(H,26,28)/t16-,17+/m0/s1. The largest absolute Gasteiger partial charge is 0.417 e. The second-order valence-corrected chi connectivity index (χ2v) is 7.49. The number of alkyl halides is 3. The maximum Gasteiger partial charge on any atom is 0.417 e. The first-order valence-corrected chi connectivity index (χ1v) is 9.69. The molecule has 0 spiro atoms. The molecule has 5 nitrogen and oxygen atoms in total. The number of amides is 1. The van der Waals surface area contributed by atoms with Crippen molar-refractivity contribution in [3.8, 4) is 6.07 Å².